The third-order valence-corrected chi connectivity index (χ3v) is 7.86. The van der Waals surface area contributed by atoms with Gasteiger partial charge in [0.05, 0.1) is 38.9 Å². The van der Waals surface area contributed by atoms with Crippen LogP contribution < -0.4 is 19.5 Å². The van der Waals surface area contributed by atoms with Crippen molar-refractivity contribution in [3.05, 3.63) is 75.9 Å². The number of ether oxygens (including phenoxy) is 5. The molecule has 0 saturated carbocycles. The monoisotopic (exact) mass is 551 g/mol. The van der Waals surface area contributed by atoms with Crippen LogP contribution in [0.15, 0.2) is 58.9 Å². The fourth-order valence-corrected chi connectivity index (χ4v) is 5.97. The highest BCUT2D eigenvalue weighted by Crippen LogP contribution is 2.51. The van der Waals surface area contributed by atoms with Crippen LogP contribution in [0.1, 0.15) is 55.6 Å². The molecule has 1 N–H and O–H groups in total. The van der Waals surface area contributed by atoms with Gasteiger partial charge in [0.1, 0.15) is 12.4 Å². The molecule has 0 radical (unpaired) electrons. The van der Waals surface area contributed by atoms with Crippen LogP contribution in [0.5, 0.6) is 17.2 Å². The third-order valence-electron chi connectivity index (χ3n) is 7.86. The fourth-order valence-electron chi connectivity index (χ4n) is 5.97. The molecule has 8 nitrogen and oxygen atoms in total. The molecule has 212 valence electrons. The number of hydrogen-bond acceptors (Lipinski definition) is 8. The molecule has 5 rings (SSSR count). The third kappa shape index (κ3) is 5.18. The Balaban J connectivity index is 1.59. The minimum Gasteiger partial charge on any atom is -0.493 e. The number of nitrogens with one attached hydrogen (secondary N) is 1. The second-order valence-corrected chi connectivity index (χ2v) is 10.2. The summed E-state index contributed by atoms with van der Waals surface area (Å²) in [5, 5.41) is 3.34. The molecular weight excluding hydrogens is 517 g/mol. The van der Waals surface area contributed by atoms with E-state index in [9.17, 15) is 14.0 Å². The highest BCUT2D eigenvalue weighted by Gasteiger charge is 2.43. The highest BCUT2D eigenvalue weighted by molar-refractivity contribution is 6.04. The number of methoxy groups -OCH3 is 3. The van der Waals surface area contributed by atoms with Gasteiger partial charge in [0.15, 0.2) is 17.3 Å². The van der Waals surface area contributed by atoms with Crippen molar-refractivity contribution in [2.24, 2.45) is 0 Å². The van der Waals surface area contributed by atoms with E-state index in [-0.39, 0.29) is 36.7 Å². The van der Waals surface area contributed by atoms with Crippen molar-refractivity contribution in [3.63, 3.8) is 0 Å². The summed E-state index contributed by atoms with van der Waals surface area (Å²) in [7, 11) is 4.55. The van der Waals surface area contributed by atoms with Crippen molar-refractivity contribution in [1.29, 1.82) is 0 Å². The maximum absolute atomic E-state index is 13.9. The van der Waals surface area contributed by atoms with Crippen molar-refractivity contribution < 1.29 is 37.7 Å². The number of esters is 1. The first-order valence-electron chi connectivity index (χ1n) is 13.4. The molecule has 0 aromatic heterocycles. The molecule has 0 unspecified atom stereocenters. The smallest absolute Gasteiger partial charge is 0.336 e. The van der Waals surface area contributed by atoms with Crippen molar-refractivity contribution in [2.75, 3.05) is 34.5 Å². The van der Waals surface area contributed by atoms with E-state index in [4.69, 9.17) is 23.7 Å². The van der Waals surface area contributed by atoms with Crippen LogP contribution in [0.2, 0.25) is 0 Å². The zero-order valence-corrected chi connectivity index (χ0v) is 23.2. The zero-order valence-electron chi connectivity index (χ0n) is 23.2. The van der Waals surface area contributed by atoms with Crippen molar-refractivity contribution in [1.82, 2.24) is 5.32 Å². The van der Waals surface area contributed by atoms with Gasteiger partial charge in [-0.15, -0.1) is 0 Å². The summed E-state index contributed by atoms with van der Waals surface area (Å²) in [5.41, 5.74) is 3.60. The number of hydrogen-bond donors (Lipinski definition) is 1. The number of rotatable bonds is 8. The molecule has 2 aromatic carbocycles. The Hall–Kier alpha value is -3.85. The fraction of sp³-hybridized carbons (Fsp3) is 0.419. The quantitative estimate of drug-likeness (QED) is 0.462. The Kier molecular flexibility index (Phi) is 8.12. The van der Waals surface area contributed by atoms with Gasteiger partial charge >= 0.3 is 5.97 Å². The summed E-state index contributed by atoms with van der Waals surface area (Å²) in [6.45, 7) is 2.59. The first-order chi connectivity index (χ1) is 19.4. The molecule has 2 aliphatic heterocycles. The van der Waals surface area contributed by atoms with Crippen LogP contribution in [0, 0.1) is 5.82 Å². The van der Waals surface area contributed by atoms with Crippen LogP contribution in [0.3, 0.4) is 0 Å². The van der Waals surface area contributed by atoms with E-state index in [1.54, 1.807) is 31.2 Å². The number of carbonyl (C=O) groups is 2. The van der Waals surface area contributed by atoms with Gasteiger partial charge < -0.3 is 29.0 Å². The molecule has 40 heavy (non-hydrogen) atoms. The predicted molar refractivity (Wildman–Crippen MR) is 145 cm³/mol. The van der Waals surface area contributed by atoms with Gasteiger partial charge in [-0.1, -0.05) is 18.2 Å². The summed E-state index contributed by atoms with van der Waals surface area (Å²) >= 11 is 0. The van der Waals surface area contributed by atoms with Gasteiger partial charge in [-0.3, -0.25) is 4.79 Å². The number of Topliss-reactive ketones (excluding diaryl/α,β-unsaturated/α-hetero) is 1. The van der Waals surface area contributed by atoms with Gasteiger partial charge in [-0.05, 0) is 55.9 Å². The molecule has 0 bridgehead atoms. The number of ketones is 1. The van der Waals surface area contributed by atoms with Gasteiger partial charge in [-0.25, -0.2) is 9.18 Å². The summed E-state index contributed by atoms with van der Waals surface area (Å²) in [5.74, 6) is -0.665. The Morgan fingerprint density at radius 1 is 1.02 bits per heavy atom. The molecule has 1 saturated heterocycles. The summed E-state index contributed by atoms with van der Waals surface area (Å²) in [6.07, 6.45) is 2.36. The molecule has 3 atom stereocenters. The molecule has 0 amide bonds. The average Bonchev–Trinajstić information content (AvgIpc) is 3.48. The number of allylic oxidation sites excluding steroid dienone is 3. The molecule has 2 heterocycles. The summed E-state index contributed by atoms with van der Waals surface area (Å²) in [4.78, 5) is 27.6. The van der Waals surface area contributed by atoms with E-state index in [1.165, 1.54) is 33.5 Å². The second-order valence-electron chi connectivity index (χ2n) is 10.2. The van der Waals surface area contributed by atoms with Crippen molar-refractivity contribution >= 4 is 11.8 Å². The Bertz CT molecular complexity index is 1360. The predicted octanol–water partition coefficient (Wildman–Crippen LogP) is 4.94. The van der Waals surface area contributed by atoms with Gasteiger partial charge in [-0.2, -0.15) is 0 Å². The Morgan fingerprint density at radius 3 is 2.42 bits per heavy atom. The van der Waals surface area contributed by atoms with Gasteiger partial charge in [0.25, 0.3) is 0 Å². The lowest BCUT2D eigenvalue weighted by molar-refractivity contribution is -0.142. The summed E-state index contributed by atoms with van der Waals surface area (Å²) in [6, 6.07) is 9.77. The van der Waals surface area contributed by atoms with Crippen molar-refractivity contribution in [3.8, 4) is 17.2 Å². The topological polar surface area (TPSA) is 92.3 Å². The molecular formula is C31H34FNO7. The zero-order chi connectivity index (χ0) is 28.4. The lowest BCUT2D eigenvalue weighted by Gasteiger charge is -2.37. The maximum atomic E-state index is 13.9. The molecule has 9 heteroatoms. The standard InChI is InChI=1S/C31H34FNO7/c1-17-26(31(35)40-16-21-6-5-13-39-21)27(22-11-12-25(36-2)30(38-4)29(22)37-3)28-23(33-17)14-19(15-24(28)34)18-7-9-20(32)10-8-18/h7-12,19,21,27,33H,5-6,13-16H2,1-4H3/t19-,21+,27-/m1/s1. The maximum Gasteiger partial charge on any atom is 0.336 e. The van der Waals surface area contributed by atoms with Gasteiger partial charge in [0, 0.05) is 35.6 Å². The van der Waals surface area contributed by atoms with E-state index < -0.39 is 11.9 Å². The van der Waals surface area contributed by atoms with E-state index in [2.05, 4.69) is 5.32 Å². The Labute approximate surface area is 233 Å². The molecule has 2 aromatic rings. The van der Waals surface area contributed by atoms with Crippen LogP contribution >= 0.6 is 0 Å². The molecule has 1 fully saturated rings. The lowest BCUT2D eigenvalue weighted by atomic mass is 9.71. The largest absolute Gasteiger partial charge is 0.493 e. The minimum atomic E-state index is -0.760. The number of halogens is 1. The Morgan fingerprint density at radius 2 is 1.77 bits per heavy atom. The molecule has 1 aliphatic carbocycles. The van der Waals surface area contributed by atoms with E-state index >= 15 is 0 Å². The average molecular weight is 552 g/mol. The number of carbonyl (C=O) groups excluding carboxylic acids is 2. The van der Waals surface area contributed by atoms with E-state index in [1.807, 2.05) is 0 Å². The molecule has 0 spiro atoms. The van der Waals surface area contributed by atoms with Crippen LogP contribution in [0.25, 0.3) is 0 Å². The first-order valence-corrected chi connectivity index (χ1v) is 13.4. The highest BCUT2D eigenvalue weighted by atomic mass is 19.1. The summed E-state index contributed by atoms with van der Waals surface area (Å²) < 4.78 is 41.9. The van der Waals surface area contributed by atoms with Crippen molar-refractivity contribution in [2.45, 2.75) is 50.5 Å². The lowest BCUT2D eigenvalue weighted by Crippen LogP contribution is -2.36. The minimum absolute atomic E-state index is 0.109. The first kappa shape index (κ1) is 27.7. The van der Waals surface area contributed by atoms with Crippen LogP contribution in [0.4, 0.5) is 4.39 Å². The normalized spacial score (nSPS) is 22.5. The number of dihydropyridines is 1. The number of benzene rings is 2. The molecule has 3 aliphatic rings. The van der Waals surface area contributed by atoms with E-state index in [0.717, 1.165) is 24.1 Å². The SMILES string of the molecule is COc1ccc([C@@H]2C(C(=O)OC[C@@H]3CCCO3)=C(C)NC3=C2C(=O)C[C@H](c2ccc(F)cc2)C3)c(OC)c1OC. The van der Waals surface area contributed by atoms with E-state index in [0.29, 0.717) is 52.7 Å². The van der Waals surface area contributed by atoms with Crippen LogP contribution in [-0.2, 0) is 19.1 Å². The van der Waals surface area contributed by atoms with Crippen LogP contribution in [-0.4, -0.2) is 52.4 Å². The van der Waals surface area contributed by atoms with Gasteiger partial charge in [0.2, 0.25) is 5.75 Å². The second kappa shape index (κ2) is 11.7.